The Morgan fingerprint density at radius 2 is 1.13 bits per heavy atom. The molecule has 30 heavy (non-hydrogen) atoms. The number of hydrazone groups is 2. The normalized spacial score (nSPS) is 27.4. The van der Waals surface area contributed by atoms with E-state index in [0.29, 0.717) is 0 Å². The van der Waals surface area contributed by atoms with E-state index in [9.17, 15) is 46.1 Å². The van der Waals surface area contributed by atoms with Crippen LogP contribution in [0.15, 0.2) is 10.2 Å². The van der Waals surface area contributed by atoms with Gasteiger partial charge in [0.05, 0.1) is 0 Å². The number of nitrogens with zero attached hydrogens (tertiary/aromatic N) is 4. The minimum Gasteiger partial charge on any atom is -0.362 e. The van der Waals surface area contributed by atoms with E-state index in [1.807, 2.05) is 0 Å². The Labute approximate surface area is 166 Å². The van der Waals surface area contributed by atoms with E-state index in [2.05, 4.69) is 10.2 Å². The van der Waals surface area contributed by atoms with Gasteiger partial charge in [-0.25, -0.2) is 0 Å². The number of unbranched alkanes of at least 4 members (excludes halogenated alkanes) is 1. The summed E-state index contributed by atoms with van der Waals surface area (Å²) >= 11 is 0. The van der Waals surface area contributed by atoms with Gasteiger partial charge in [-0.05, 0) is 26.7 Å². The lowest BCUT2D eigenvalue weighted by Crippen LogP contribution is -2.56. The van der Waals surface area contributed by atoms with Crippen LogP contribution in [0.1, 0.15) is 52.4 Å². The SMILES string of the molecule is CC1=NN(C(=O)CCCCC(=O)N2N=C(C)C[C@@]2(O)C(F)(F)F)[C@@](O)(C(F)(F)F)C1. The van der Waals surface area contributed by atoms with Gasteiger partial charge in [-0.2, -0.15) is 46.6 Å². The van der Waals surface area contributed by atoms with Gasteiger partial charge in [0.15, 0.2) is 0 Å². The number of carbonyl (C=O) groups is 2. The molecule has 8 nitrogen and oxygen atoms in total. The fourth-order valence-electron chi connectivity index (χ4n) is 3.17. The van der Waals surface area contributed by atoms with Gasteiger partial charge in [-0.1, -0.05) is 0 Å². The first-order chi connectivity index (χ1) is 13.5. The second-order valence-electron chi connectivity index (χ2n) is 7.27. The summed E-state index contributed by atoms with van der Waals surface area (Å²) in [5, 5.41) is 26.4. The van der Waals surface area contributed by atoms with Crippen molar-refractivity contribution in [2.75, 3.05) is 0 Å². The van der Waals surface area contributed by atoms with Gasteiger partial charge in [0.2, 0.25) is 11.8 Å². The third-order valence-electron chi connectivity index (χ3n) is 4.66. The summed E-state index contributed by atoms with van der Waals surface area (Å²) < 4.78 is 78.6. The van der Waals surface area contributed by atoms with Gasteiger partial charge in [0, 0.05) is 37.1 Å². The highest BCUT2D eigenvalue weighted by Crippen LogP contribution is 2.41. The largest absolute Gasteiger partial charge is 0.438 e. The van der Waals surface area contributed by atoms with Crippen LogP contribution in [-0.4, -0.2) is 67.3 Å². The van der Waals surface area contributed by atoms with Gasteiger partial charge in [-0.3, -0.25) is 9.59 Å². The second-order valence-corrected chi connectivity index (χ2v) is 7.27. The van der Waals surface area contributed by atoms with Crippen LogP contribution in [0.3, 0.4) is 0 Å². The summed E-state index contributed by atoms with van der Waals surface area (Å²) in [6.45, 7) is 2.42. The molecule has 0 spiro atoms. The maximum Gasteiger partial charge on any atom is 0.438 e. The number of carbonyl (C=O) groups excluding carboxylic acids is 2. The van der Waals surface area contributed by atoms with Crippen molar-refractivity contribution >= 4 is 23.2 Å². The second kappa shape index (κ2) is 7.80. The molecule has 2 heterocycles. The Hall–Kier alpha value is -2.22. The van der Waals surface area contributed by atoms with Gasteiger partial charge in [0.1, 0.15) is 0 Å². The highest BCUT2D eigenvalue weighted by Gasteiger charge is 2.63. The minimum absolute atomic E-state index is 0.0549. The van der Waals surface area contributed by atoms with Crippen molar-refractivity contribution in [1.29, 1.82) is 0 Å². The zero-order chi connectivity index (χ0) is 23.1. The van der Waals surface area contributed by atoms with Crippen LogP contribution in [0.25, 0.3) is 0 Å². The molecule has 0 aromatic heterocycles. The van der Waals surface area contributed by atoms with E-state index in [1.165, 1.54) is 13.8 Å². The van der Waals surface area contributed by atoms with E-state index >= 15 is 0 Å². The Bertz CT molecular complexity index is 717. The maximum atomic E-state index is 13.1. The monoisotopic (exact) mass is 446 g/mol. The number of amides is 2. The molecule has 2 atom stereocenters. The van der Waals surface area contributed by atoms with E-state index in [-0.39, 0.29) is 34.3 Å². The average molecular weight is 446 g/mol. The molecule has 0 saturated heterocycles. The average Bonchev–Trinajstić information content (AvgIpc) is 3.07. The van der Waals surface area contributed by atoms with Gasteiger partial charge < -0.3 is 10.2 Å². The molecular formula is C16H20F6N4O4. The summed E-state index contributed by atoms with van der Waals surface area (Å²) in [6.07, 6.45) is -13.5. The molecule has 0 saturated carbocycles. The molecule has 2 rings (SSSR count). The topological polar surface area (TPSA) is 106 Å². The van der Waals surface area contributed by atoms with Crippen molar-refractivity contribution in [3.05, 3.63) is 0 Å². The van der Waals surface area contributed by atoms with Crippen LogP contribution >= 0.6 is 0 Å². The predicted octanol–water partition coefficient (Wildman–Crippen LogP) is 2.27. The van der Waals surface area contributed by atoms with Crippen LogP contribution in [0, 0.1) is 0 Å². The van der Waals surface area contributed by atoms with Crippen molar-refractivity contribution in [2.45, 2.75) is 76.2 Å². The molecule has 2 aliphatic heterocycles. The zero-order valence-corrected chi connectivity index (χ0v) is 16.0. The summed E-state index contributed by atoms with van der Waals surface area (Å²) in [5.41, 5.74) is -7.14. The zero-order valence-electron chi connectivity index (χ0n) is 16.0. The molecule has 0 unspecified atom stereocenters. The van der Waals surface area contributed by atoms with Crippen molar-refractivity contribution in [3.63, 3.8) is 0 Å². The van der Waals surface area contributed by atoms with Crippen molar-refractivity contribution in [2.24, 2.45) is 10.2 Å². The summed E-state index contributed by atoms with van der Waals surface area (Å²) in [4.78, 5) is 24.2. The Balaban J connectivity index is 1.93. The molecule has 0 radical (unpaired) electrons. The molecule has 2 N–H and O–H groups in total. The molecule has 0 bridgehead atoms. The van der Waals surface area contributed by atoms with Crippen LogP contribution in [-0.2, 0) is 9.59 Å². The minimum atomic E-state index is -5.15. The summed E-state index contributed by atoms with van der Waals surface area (Å²) in [6, 6.07) is 0. The first-order valence-corrected chi connectivity index (χ1v) is 8.85. The number of hydrogen-bond acceptors (Lipinski definition) is 6. The van der Waals surface area contributed by atoms with Crippen molar-refractivity contribution in [1.82, 2.24) is 10.0 Å². The fraction of sp³-hybridized carbons (Fsp3) is 0.750. The summed E-state index contributed by atoms with van der Waals surface area (Å²) in [5.74, 6) is -2.30. The van der Waals surface area contributed by atoms with E-state index in [1.54, 1.807) is 0 Å². The number of alkyl halides is 6. The van der Waals surface area contributed by atoms with Crippen LogP contribution < -0.4 is 0 Å². The molecule has 0 fully saturated rings. The third kappa shape index (κ3) is 4.29. The third-order valence-corrected chi connectivity index (χ3v) is 4.66. The van der Waals surface area contributed by atoms with Gasteiger partial charge in [-0.15, -0.1) is 0 Å². The molecule has 14 heteroatoms. The highest BCUT2D eigenvalue weighted by atomic mass is 19.4. The fourth-order valence-corrected chi connectivity index (χ4v) is 3.17. The predicted molar refractivity (Wildman–Crippen MR) is 89.6 cm³/mol. The van der Waals surface area contributed by atoms with Crippen molar-refractivity contribution in [3.8, 4) is 0 Å². The standard InChI is InChI=1S/C16H20F6N4O4/c1-9-7-13(29,15(17,18)19)25(23-9)11(27)5-3-4-6-12(28)26-14(30,16(20,21)22)8-10(2)24-26/h29-30H,3-8H2,1-2H3/t13-,14+. The maximum absolute atomic E-state index is 13.1. The van der Waals surface area contributed by atoms with E-state index < -0.39 is 61.3 Å². The van der Waals surface area contributed by atoms with Crippen LogP contribution in [0.4, 0.5) is 26.3 Å². The number of halogens is 6. The van der Waals surface area contributed by atoms with Crippen LogP contribution in [0.2, 0.25) is 0 Å². The molecule has 0 aromatic carbocycles. The number of hydrogen-bond donors (Lipinski definition) is 2. The molecule has 2 amide bonds. The van der Waals surface area contributed by atoms with Crippen molar-refractivity contribution < 1.29 is 46.1 Å². The Morgan fingerprint density at radius 1 is 0.833 bits per heavy atom. The van der Waals surface area contributed by atoms with Gasteiger partial charge in [0.25, 0.3) is 11.4 Å². The quantitative estimate of drug-likeness (QED) is 0.499. The van der Waals surface area contributed by atoms with Gasteiger partial charge >= 0.3 is 12.4 Å². The molecule has 0 aromatic rings. The lowest BCUT2D eigenvalue weighted by molar-refractivity contribution is -0.302. The number of aliphatic hydroxyl groups is 2. The molecule has 0 aliphatic carbocycles. The van der Waals surface area contributed by atoms with Crippen LogP contribution in [0.5, 0.6) is 0 Å². The first-order valence-electron chi connectivity index (χ1n) is 8.85. The molecule has 2 aliphatic rings. The smallest absolute Gasteiger partial charge is 0.362 e. The first kappa shape index (κ1) is 24.1. The molecule has 170 valence electrons. The molecular weight excluding hydrogens is 426 g/mol. The lowest BCUT2D eigenvalue weighted by Gasteiger charge is -2.33. The lowest BCUT2D eigenvalue weighted by atomic mass is 10.1. The van der Waals surface area contributed by atoms with E-state index in [4.69, 9.17) is 0 Å². The highest BCUT2D eigenvalue weighted by molar-refractivity contribution is 5.90. The summed E-state index contributed by atoms with van der Waals surface area (Å²) in [7, 11) is 0. The van der Waals surface area contributed by atoms with E-state index in [0.717, 1.165) is 0 Å². The Morgan fingerprint density at radius 3 is 1.40 bits per heavy atom. The Kier molecular flexibility index (Phi) is 6.25. The number of rotatable bonds is 5.